The summed E-state index contributed by atoms with van der Waals surface area (Å²) in [6.07, 6.45) is 16.9. The van der Waals surface area contributed by atoms with Crippen molar-refractivity contribution < 1.29 is 18.9 Å². The van der Waals surface area contributed by atoms with Gasteiger partial charge in [-0.3, -0.25) is 36.7 Å². The monoisotopic (exact) mass is 917 g/mol. The van der Waals surface area contributed by atoms with E-state index in [2.05, 4.69) is 57.1 Å². The molecule has 17 heteroatoms. The van der Waals surface area contributed by atoms with Crippen molar-refractivity contribution in [3.63, 3.8) is 0 Å². The Morgan fingerprint density at radius 2 is 0.530 bits per heavy atom. The third-order valence-electron chi connectivity index (χ3n) is 8.05. The van der Waals surface area contributed by atoms with Gasteiger partial charge in [-0.15, -0.1) is 0 Å². The minimum absolute atomic E-state index is 0.206. The fourth-order valence-corrected chi connectivity index (χ4v) is 5.32. The predicted molar refractivity (Wildman–Crippen MR) is 269 cm³/mol. The summed E-state index contributed by atoms with van der Waals surface area (Å²) in [7, 11) is 0. The molecule has 8 rings (SSSR count). The van der Waals surface area contributed by atoms with Crippen molar-refractivity contribution in [2.45, 2.75) is 0 Å². The molecule has 1 aliphatic rings. The number of hydrogen-bond donors (Lipinski definition) is 4. The molecule has 0 aliphatic carbocycles. The highest BCUT2D eigenvalue weighted by Crippen LogP contribution is 2.19. The second kappa shape index (κ2) is 30.6. The third-order valence-corrected chi connectivity index (χ3v) is 8.42. The molecular formula is C49H47N11O4S2. The van der Waals surface area contributed by atoms with Gasteiger partial charge in [0.2, 0.25) is 10.2 Å². The van der Waals surface area contributed by atoms with Crippen LogP contribution in [0.5, 0.6) is 23.0 Å². The first-order valence-electron chi connectivity index (χ1n) is 20.3. The molecule has 66 heavy (non-hydrogen) atoms. The lowest BCUT2D eigenvalue weighted by atomic mass is 10.2. The van der Waals surface area contributed by atoms with Crippen molar-refractivity contribution in [3.8, 4) is 23.0 Å². The van der Waals surface area contributed by atoms with Gasteiger partial charge in [0.05, 0.1) is 24.9 Å². The zero-order chi connectivity index (χ0) is 46.0. The molecule has 1 aliphatic heterocycles. The molecule has 0 saturated carbocycles. The van der Waals surface area contributed by atoms with Crippen molar-refractivity contribution in [2.75, 3.05) is 26.4 Å². The van der Waals surface area contributed by atoms with Crippen molar-refractivity contribution >= 4 is 59.5 Å². The number of thiocarbonyl (C=S) groups is 2. The summed E-state index contributed by atoms with van der Waals surface area (Å²) in [4.78, 5) is 11.4. The van der Waals surface area contributed by atoms with Gasteiger partial charge in [0.1, 0.15) is 49.4 Å². The Balaban J connectivity index is 0.000000372. The zero-order valence-electron chi connectivity index (χ0n) is 35.6. The van der Waals surface area contributed by atoms with Gasteiger partial charge in [0.15, 0.2) is 0 Å². The van der Waals surface area contributed by atoms with Crippen molar-refractivity contribution in [1.29, 1.82) is 0 Å². The van der Waals surface area contributed by atoms with E-state index in [4.69, 9.17) is 43.4 Å². The maximum absolute atomic E-state index is 5.97. The van der Waals surface area contributed by atoms with Gasteiger partial charge >= 0.3 is 0 Å². The van der Waals surface area contributed by atoms with Crippen LogP contribution in [-0.4, -0.2) is 76.5 Å². The van der Waals surface area contributed by atoms with Crippen LogP contribution in [-0.2, 0) is 0 Å². The smallest absolute Gasteiger partial charge is 0.207 e. The van der Waals surface area contributed by atoms with Gasteiger partial charge in [-0.2, -0.15) is 20.4 Å². The molecule has 15 nitrogen and oxygen atoms in total. The summed E-state index contributed by atoms with van der Waals surface area (Å²) in [6.45, 7) is 1.17. The molecular weight excluding hydrogens is 871 g/mol. The zero-order valence-corrected chi connectivity index (χ0v) is 37.2. The van der Waals surface area contributed by atoms with Crippen molar-refractivity contribution in [2.24, 2.45) is 20.4 Å². The lowest BCUT2D eigenvalue weighted by molar-refractivity contribution is 0.217. The van der Waals surface area contributed by atoms with E-state index >= 15 is 0 Å². The first-order valence-corrected chi connectivity index (χ1v) is 21.1. The average Bonchev–Trinajstić information content (AvgIpc) is 3.38. The van der Waals surface area contributed by atoms with Gasteiger partial charge in [0.25, 0.3) is 0 Å². The topological polar surface area (TPSA) is 173 Å². The summed E-state index contributed by atoms with van der Waals surface area (Å²) < 4.78 is 23.9. The summed E-state index contributed by atoms with van der Waals surface area (Å²) >= 11 is 10.6. The van der Waals surface area contributed by atoms with E-state index in [1.54, 1.807) is 62.0 Å². The van der Waals surface area contributed by atoms with Gasteiger partial charge in [-0.25, -0.2) is 0 Å². The second-order valence-electron chi connectivity index (χ2n) is 12.8. The number of fused-ring (bicyclic) bond motifs is 4. The Labute approximate surface area is 394 Å². The average molecular weight is 918 g/mol. The van der Waals surface area contributed by atoms with Crippen LogP contribution in [0.15, 0.2) is 209 Å². The summed E-state index contributed by atoms with van der Waals surface area (Å²) in [5.74, 6) is 2.54. The maximum atomic E-state index is 5.97. The normalized spacial score (nSPS) is 14.7. The molecule has 0 radical (unpaired) electrons. The quantitative estimate of drug-likeness (QED) is 0.109. The Morgan fingerprint density at radius 3 is 0.727 bits per heavy atom. The van der Waals surface area contributed by atoms with Crippen LogP contribution in [0.1, 0.15) is 22.3 Å². The van der Waals surface area contributed by atoms with E-state index in [-0.39, 0.29) is 10.2 Å². The highest BCUT2D eigenvalue weighted by atomic mass is 32.1. The van der Waals surface area contributed by atoms with E-state index in [0.717, 1.165) is 22.3 Å². The summed E-state index contributed by atoms with van der Waals surface area (Å²) in [6, 6.07) is 47.1. The van der Waals surface area contributed by atoms with Gasteiger partial charge in [0, 0.05) is 59.4 Å². The van der Waals surface area contributed by atoms with E-state index < -0.39 is 0 Å². The highest BCUT2D eigenvalue weighted by molar-refractivity contribution is 7.80. The number of nitrogens with zero attached hydrogens (tertiary/aromatic N) is 7. The Bertz CT molecular complexity index is 2160. The van der Waals surface area contributed by atoms with Crippen LogP contribution >= 0.6 is 24.4 Å². The fourth-order valence-electron chi connectivity index (χ4n) is 5.11. The van der Waals surface area contributed by atoms with Gasteiger partial charge in [-0.05, 0) is 109 Å². The molecule has 0 bridgehead atoms. The van der Waals surface area contributed by atoms with Crippen LogP contribution in [0.4, 0.5) is 0 Å². The van der Waals surface area contributed by atoms with Gasteiger partial charge in [-0.1, -0.05) is 66.7 Å². The molecule has 0 unspecified atom stereocenters. The lowest BCUT2D eigenvalue weighted by Gasteiger charge is -2.12. The Morgan fingerprint density at radius 1 is 0.303 bits per heavy atom. The largest absolute Gasteiger partial charge is 0.489 e. The molecule has 334 valence electrons. The molecule has 7 aromatic rings. The molecule has 0 spiro atoms. The van der Waals surface area contributed by atoms with Crippen LogP contribution in [0.25, 0.3) is 0 Å². The highest BCUT2D eigenvalue weighted by Gasteiger charge is 2.06. The van der Waals surface area contributed by atoms with Gasteiger partial charge < -0.3 is 18.9 Å². The number of benzene rings is 4. The van der Waals surface area contributed by atoms with Crippen LogP contribution in [0.3, 0.4) is 0 Å². The number of rotatable bonds is 0. The molecule has 0 amide bonds. The first-order chi connectivity index (χ1) is 32.7. The number of para-hydroxylation sites is 4. The van der Waals surface area contributed by atoms with Crippen LogP contribution in [0, 0.1) is 0 Å². The maximum Gasteiger partial charge on any atom is 0.207 e. The minimum atomic E-state index is 0.206. The van der Waals surface area contributed by atoms with E-state index in [1.807, 2.05) is 152 Å². The Kier molecular flexibility index (Phi) is 22.5. The molecule has 4 N–H and O–H groups in total. The van der Waals surface area contributed by atoms with Crippen molar-refractivity contribution in [3.05, 3.63) is 211 Å². The number of nitrogens with one attached hydrogen (secondary N) is 4. The second-order valence-corrected chi connectivity index (χ2v) is 13.6. The number of pyridine rings is 3. The number of ether oxygens (including phenoxy) is 4. The van der Waals surface area contributed by atoms with E-state index in [1.165, 1.54) is 0 Å². The summed E-state index contributed by atoms with van der Waals surface area (Å²) in [5.41, 5.74) is 14.0. The standard InChI is InChI=1S/C34H32N8O4S2.3C5H5N/c47-33-39-35-21-25-9-1-5-13-29(25)43-17-18-44-30-14-6-2-10-26(30)23-37-41-34(48)42-38-24-28-12-4-8-16-32(28)46-20-19-45-31-15-7-3-11-27(31)22-36-40-33;3*1-2-4-6-5-3-1/h1-16,21-24H,17-20H2,(H2,39,40,47)(H2,41,42,48);3*1-5H/b35-21+,36-22+,37-23+,38-24+;;;. The van der Waals surface area contributed by atoms with E-state index in [0.29, 0.717) is 49.4 Å². The molecule has 0 saturated heterocycles. The molecule has 4 heterocycles. The molecule has 0 fully saturated rings. The lowest BCUT2D eigenvalue weighted by Crippen LogP contribution is -2.28. The number of hydrazone groups is 4. The predicted octanol–water partition coefficient (Wildman–Crippen LogP) is 7.82. The Hall–Kier alpha value is -8.41. The number of aromatic nitrogens is 3. The number of hydrogen-bond acceptors (Lipinski definition) is 13. The minimum Gasteiger partial charge on any atom is -0.489 e. The van der Waals surface area contributed by atoms with Crippen LogP contribution in [0.2, 0.25) is 0 Å². The SMILES string of the molecule is S=C1N/N=C/c2ccccc2OCCOc2ccccc2/C=N/NC(=S)N/N=C/c2ccccc2OCCOc2ccccc2/C=N/N1.c1ccncc1.c1ccncc1.c1ccncc1. The first kappa shape index (κ1) is 48.6. The summed E-state index contributed by atoms with van der Waals surface area (Å²) in [5, 5.41) is 17.3. The van der Waals surface area contributed by atoms with E-state index in [9.17, 15) is 0 Å². The van der Waals surface area contributed by atoms with Crippen molar-refractivity contribution in [1.82, 2.24) is 36.7 Å². The molecule has 0 atom stereocenters. The van der Waals surface area contributed by atoms with Crippen LogP contribution < -0.4 is 40.7 Å². The third kappa shape index (κ3) is 19.7. The molecule has 3 aromatic heterocycles. The molecule has 4 aromatic carbocycles. The fraction of sp³-hybridized carbons (Fsp3) is 0.0816.